The molecule has 5 aromatic rings. The molecule has 0 aliphatic rings. The van der Waals surface area contributed by atoms with Crippen LogP contribution in [0.2, 0.25) is 0 Å². The molecule has 0 radical (unpaired) electrons. The van der Waals surface area contributed by atoms with Crippen molar-refractivity contribution in [1.82, 2.24) is 14.1 Å². The molecule has 0 fully saturated rings. The minimum absolute atomic E-state index is 0.00851. The molecule has 0 aliphatic carbocycles. The number of nitrogens with zero attached hydrogens (tertiary/aromatic N) is 3. The van der Waals surface area contributed by atoms with Gasteiger partial charge in [-0.2, -0.15) is 0 Å². The smallest absolute Gasteiger partial charge is 0.266 e. The molecule has 3 heterocycles. The topological polar surface area (TPSA) is 70.0 Å². The van der Waals surface area contributed by atoms with Crippen LogP contribution in [-0.2, 0) is 6.54 Å². The standard InChI is InChI=1S/C27H23N3O3S/c1-18-15-23(19(2)29(18)16-21-11-8-14-33-21)25(31)17-34-27-28-24-13-7-6-12-22(24)26(32)30(27)20-9-4-3-5-10-20/h3-15H,16-17H2,1-2H3. The van der Waals surface area contributed by atoms with Gasteiger partial charge in [0.2, 0.25) is 0 Å². The SMILES string of the molecule is Cc1cc(C(=O)CSc2nc3ccccc3c(=O)n2-c2ccccc2)c(C)n1Cc1ccco1. The van der Waals surface area contributed by atoms with E-state index in [0.717, 1.165) is 22.8 Å². The predicted molar refractivity (Wildman–Crippen MR) is 134 cm³/mol. The van der Waals surface area contributed by atoms with E-state index in [2.05, 4.69) is 4.57 Å². The van der Waals surface area contributed by atoms with E-state index in [-0.39, 0.29) is 17.1 Å². The fourth-order valence-corrected chi connectivity index (χ4v) is 5.00. The van der Waals surface area contributed by atoms with Crippen LogP contribution in [0.1, 0.15) is 27.5 Å². The lowest BCUT2D eigenvalue weighted by atomic mass is 10.2. The zero-order valence-electron chi connectivity index (χ0n) is 18.9. The van der Waals surface area contributed by atoms with Gasteiger partial charge in [0.25, 0.3) is 5.56 Å². The lowest BCUT2D eigenvalue weighted by Crippen LogP contribution is -2.22. The first-order valence-corrected chi connectivity index (χ1v) is 11.9. The van der Waals surface area contributed by atoms with Gasteiger partial charge in [-0.3, -0.25) is 14.2 Å². The highest BCUT2D eigenvalue weighted by Crippen LogP contribution is 2.24. The second-order valence-electron chi connectivity index (χ2n) is 8.05. The molecule has 7 heteroatoms. The lowest BCUT2D eigenvalue weighted by molar-refractivity contribution is 0.102. The maximum atomic E-state index is 13.3. The van der Waals surface area contributed by atoms with Gasteiger partial charge in [0.15, 0.2) is 10.9 Å². The maximum absolute atomic E-state index is 13.3. The number of hydrogen-bond donors (Lipinski definition) is 0. The molecule has 6 nitrogen and oxygen atoms in total. The first-order chi connectivity index (χ1) is 16.5. The van der Waals surface area contributed by atoms with Crippen LogP contribution < -0.4 is 5.56 Å². The third-order valence-corrected chi connectivity index (χ3v) is 6.80. The molecular formula is C27H23N3O3S. The van der Waals surface area contributed by atoms with Gasteiger partial charge < -0.3 is 8.98 Å². The van der Waals surface area contributed by atoms with Gasteiger partial charge in [0.05, 0.1) is 35.2 Å². The minimum Gasteiger partial charge on any atom is -0.467 e. The van der Waals surface area contributed by atoms with Crippen LogP contribution in [0.5, 0.6) is 0 Å². The van der Waals surface area contributed by atoms with Crippen molar-refractivity contribution in [3.63, 3.8) is 0 Å². The van der Waals surface area contributed by atoms with Crippen molar-refractivity contribution in [3.05, 3.63) is 112 Å². The summed E-state index contributed by atoms with van der Waals surface area (Å²) >= 11 is 1.28. The van der Waals surface area contributed by atoms with Gasteiger partial charge in [0, 0.05) is 17.0 Å². The lowest BCUT2D eigenvalue weighted by Gasteiger charge is -2.13. The number of thioether (sulfide) groups is 1. The first kappa shape index (κ1) is 22.0. The van der Waals surface area contributed by atoms with E-state index in [1.54, 1.807) is 16.9 Å². The molecule has 34 heavy (non-hydrogen) atoms. The van der Waals surface area contributed by atoms with E-state index >= 15 is 0 Å². The summed E-state index contributed by atoms with van der Waals surface area (Å²) in [6.45, 7) is 4.50. The van der Waals surface area contributed by atoms with E-state index in [1.165, 1.54) is 11.8 Å². The van der Waals surface area contributed by atoms with E-state index in [1.807, 2.05) is 80.6 Å². The number of Topliss-reactive ketones (excluding diaryl/α,β-unsaturated/α-hetero) is 1. The summed E-state index contributed by atoms with van der Waals surface area (Å²) in [7, 11) is 0. The van der Waals surface area contributed by atoms with Crippen molar-refractivity contribution in [2.45, 2.75) is 25.5 Å². The summed E-state index contributed by atoms with van der Waals surface area (Å²) in [5, 5.41) is 1.04. The molecule has 0 saturated carbocycles. The molecule has 0 amide bonds. The Morgan fingerprint density at radius 1 is 1.00 bits per heavy atom. The molecule has 0 N–H and O–H groups in total. The van der Waals surface area contributed by atoms with Gasteiger partial charge in [-0.25, -0.2) is 4.98 Å². The summed E-state index contributed by atoms with van der Waals surface area (Å²) in [6.07, 6.45) is 1.65. The van der Waals surface area contributed by atoms with Gasteiger partial charge in [-0.15, -0.1) is 0 Å². The number of carbonyl (C=O) groups excluding carboxylic acids is 1. The molecular weight excluding hydrogens is 446 g/mol. The first-order valence-electron chi connectivity index (χ1n) is 11.0. The van der Waals surface area contributed by atoms with Crippen LogP contribution in [0.25, 0.3) is 16.6 Å². The third kappa shape index (κ3) is 4.10. The summed E-state index contributed by atoms with van der Waals surface area (Å²) in [6, 6.07) is 22.4. The third-order valence-electron chi connectivity index (χ3n) is 5.86. The Morgan fingerprint density at radius 2 is 1.76 bits per heavy atom. The normalized spacial score (nSPS) is 11.2. The second kappa shape index (κ2) is 9.19. The van der Waals surface area contributed by atoms with Gasteiger partial charge >= 0.3 is 0 Å². The number of hydrogen-bond acceptors (Lipinski definition) is 5. The molecule has 2 aromatic carbocycles. The van der Waals surface area contributed by atoms with Gasteiger partial charge in [-0.05, 0) is 56.3 Å². The summed E-state index contributed by atoms with van der Waals surface area (Å²) < 4.78 is 9.13. The van der Waals surface area contributed by atoms with Crippen molar-refractivity contribution in [3.8, 4) is 5.69 Å². The van der Waals surface area contributed by atoms with Crippen LogP contribution >= 0.6 is 11.8 Å². The average Bonchev–Trinajstić information content (AvgIpc) is 3.47. The number of aromatic nitrogens is 3. The summed E-state index contributed by atoms with van der Waals surface area (Å²) in [5.41, 5.74) is 3.75. The quantitative estimate of drug-likeness (QED) is 0.181. The summed E-state index contributed by atoms with van der Waals surface area (Å²) in [4.78, 5) is 31.3. The Kier molecular flexibility index (Phi) is 5.94. The number of rotatable bonds is 7. The number of furan rings is 1. The summed E-state index contributed by atoms with van der Waals surface area (Å²) in [5.74, 6) is 0.996. The van der Waals surface area contributed by atoms with E-state index in [0.29, 0.717) is 28.2 Å². The molecule has 0 saturated heterocycles. The predicted octanol–water partition coefficient (Wildman–Crippen LogP) is 5.42. The Hall–Kier alpha value is -3.84. The van der Waals surface area contributed by atoms with Crippen molar-refractivity contribution < 1.29 is 9.21 Å². The zero-order chi connectivity index (χ0) is 23.7. The molecule has 0 bridgehead atoms. The molecule has 3 aromatic heterocycles. The second-order valence-corrected chi connectivity index (χ2v) is 8.99. The molecule has 0 aliphatic heterocycles. The number of para-hydroxylation sites is 2. The number of carbonyl (C=O) groups is 1. The Labute approximate surface area is 200 Å². The van der Waals surface area contributed by atoms with Crippen molar-refractivity contribution in [2.24, 2.45) is 0 Å². The highest BCUT2D eigenvalue weighted by molar-refractivity contribution is 7.99. The fraction of sp³-hybridized carbons (Fsp3) is 0.148. The minimum atomic E-state index is -0.150. The molecule has 170 valence electrons. The van der Waals surface area contributed by atoms with Crippen LogP contribution in [0.3, 0.4) is 0 Å². The van der Waals surface area contributed by atoms with Crippen LogP contribution in [-0.4, -0.2) is 25.7 Å². The largest absolute Gasteiger partial charge is 0.467 e. The molecule has 0 spiro atoms. The van der Waals surface area contributed by atoms with Crippen molar-refractivity contribution in [2.75, 3.05) is 5.75 Å². The fourth-order valence-electron chi connectivity index (χ4n) is 4.11. The molecule has 5 rings (SSSR count). The number of aryl methyl sites for hydroxylation is 1. The van der Waals surface area contributed by atoms with Crippen LogP contribution in [0.15, 0.2) is 93.4 Å². The number of fused-ring (bicyclic) bond motifs is 1. The van der Waals surface area contributed by atoms with Gasteiger partial charge in [0.1, 0.15) is 5.76 Å². The zero-order valence-corrected chi connectivity index (χ0v) is 19.7. The van der Waals surface area contributed by atoms with Crippen LogP contribution in [0, 0.1) is 13.8 Å². The van der Waals surface area contributed by atoms with E-state index < -0.39 is 0 Å². The highest BCUT2D eigenvalue weighted by Gasteiger charge is 2.19. The molecule has 0 unspecified atom stereocenters. The monoisotopic (exact) mass is 469 g/mol. The Balaban J connectivity index is 1.47. The molecule has 0 atom stereocenters. The van der Waals surface area contributed by atoms with E-state index in [9.17, 15) is 9.59 Å². The Morgan fingerprint density at radius 3 is 2.53 bits per heavy atom. The van der Waals surface area contributed by atoms with Crippen molar-refractivity contribution >= 4 is 28.4 Å². The maximum Gasteiger partial charge on any atom is 0.266 e. The van der Waals surface area contributed by atoms with Crippen LogP contribution in [0.4, 0.5) is 0 Å². The Bertz CT molecular complexity index is 1530. The average molecular weight is 470 g/mol. The van der Waals surface area contributed by atoms with Crippen molar-refractivity contribution in [1.29, 1.82) is 0 Å². The highest BCUT2D eigenvalue weighted by atomic mass is 32.2. The number of ketones is 1. The van der Waals surface area contributed by atoms with Gasteiger partial charge in [-0.1, -0.05) is 42.1 Å². The number of benzene rings is 2. The van der Waals surface area contributed by atoms with E-state index in [4.69, 9.17) is 9.40 Å².